The molecule has 146 valence electrons. The number of carbonyl (C=O) groups excluding carboxylic acids is 1. The number of thioether (sulfide) groups is 1. The normalized spacial score (nSPS) is 41.3. The van der Waals surface area contributed by atoms with Crippen LogP contribution < -0.4 is 10.6 Å². The van der Waals surface area contributed by atoms with Crippen molar-refractivity contribution in [3.05, 3.63) is 0 Å². The Morgan fingerprint density at radius 1 is 0.962 bits per heavy atom. The van der Waals surface area contributed by atoms with Crippen LogP contribution in [0.15, 0.2) is 0 Å². The molecule has 0 aromatic rings. The van der Waals surface area contributed by atoms with E-state index >= 15 is 0 Å². The smallest absolute Gasteiger partial charge is 0.315 e. The Kier molecular flexibility index (Phi) is 4.89. The van der Waals surface area contributed by atoms with Gasteiger partial charge in [0.05, 0.1) is 0 Å². The third kappa shape index (κ3) is 3.28. The molecule has 6 fully saturated rings. The molecule has 1 saturated heterocycles. The summed E-state index contributed by atoms with van der Waals surface area (Å²) in [5, 5.41) is 6.76. The van der Waals surface area contributed by atoms with Crippen LogP contribution in [-0.4, -0.2) is 53.7 Å². The minimum atomic E-state index is 0.111. The molecule has 0 radical (unpaired) electrons. The molecule has 5 saturated carbocycles. The van der Waals surface area contributed by atoms with Crippen molar-refractivity contribution < 1.29 is 4.79 Å². The fraction of sp³-hybridized carbons (Fsp3) is 0.952. The average molecular weight is 378 g/mol. The average Bonchev–Trinajstić information content (AvgIpc) is 3.13. The van der Waals surface area contributed by atoms with Gasteiger partial charge in [-0.1, -0.05) is 12.8 Å². The van der Waals surface area contributed by atoms with Crippen LogP contribution in [0.4, 0.5) is 4.79 Å². The van der Waals surface area contributed by atoms with Crippen LogP contribution in [0.25, 0.3) is 0 Å². The van der Waals surface area contributed by atoms with Crippen molar-refractivity contribution in [1.82, 2.24) is 15.5 Å². The van der Waals surface area contributed by atoms with Crippen molar-refractivity contribution in [2.45, 2.75) is 69.4 Å². The van der Waals surface area contributed by atoms with Crippen LogP contribution in [0.3, 0.4) is 0 Å². The molecule has 4 nitrogen and oxygen atoms in total. The van der Waals surface area contributed by atoms with E-state index in [1.54, 1.807) is 0 Å². The first-order valence-corrected chi connectivity index (χ1v) is 12.2. The van der Waals surface area contributed by atoms with Gasteiger partial charge in [0, 0.05) is 42.7 Å². The molecule has 6 aliphatic rings. The van der Waals surface area contributed by atoms with E-state index in [0.717, 1.165) is 30.2 Å². The summed E-state index contributed by atoms with van der Waals surface area (Å²) in [7, 11) is 0. The molecule has 2 amide bonds. The second-order valence-electron chi connectivity index (χ2n) is 9.81. The van der Waals surface area contributed by atoms with Crippen LogP contribution in [0.5, 0.6) is 0 Å². The molecular formula is C21H35N3OS. The Morgan fingerprint density at radius 2 is 1.58 bits per heavy atom. The maximum absolute atomic E-state index is 12.8. The minimum absolute atomic E-state index is 0.111. The molecule has 2 N–H and O–H groups in total. The SMILES string of the molecule is O=C(NCC1(N2CCSCC2)CCCC1)NC1C2CC3CC(C2)CC1C3. The third-order valence-electron chi connectivity index (χ3n) is 8.32. The minimum Gasteiger partial charge on any atom is -0.336 e. The summed E-state index contributed by atoms with van der Waals surface area (Å²) in [5.41, 5.74) is 0.238. The van der Waals surface area contributed by atoms with E-state index in [0.29, 0.717) is 6.04 Å². The largest absolute Gasteiger partial charge is 0.336 e. The van der Waals surface area contributed by atoms with Gasteiger partial charge in [-0.3, -0.25) is 4.90 Å². The lowest BCUT2D eigenvalue weighted by Crippen LogP contribution is -2.60. The fourth-order valence-corrected chi connectivity index (χ4v) is 8.19. The van der Waals surface area contributed by atoms with Gasteiger partial charge in [-0.25, -0.2) is 4.79 Å². The number of nitrogens with one attached hydrogen (secondary N) is 2. The van der Waals surface area contributed by atoms with Gasteiger partial charge in [-0.2, -0.15) is 11.8 Å². The lowest BCUT2D eigenvalue weighted by atomic mass is 9.54. The van der Waals surface area contributed by atoms with Gasteiger partial charge in [-0.15, -0.1) is 0 Å². The molecule has 0 aromatic carbocycles. The van der Waals surface area contributed by atoms with Gasteiger partial charge < -0.3 is 10.6 Å². The van der Waals surface area contributed by atoms with E-state index < -0.39 is 0 Å². The Bertz CT molecular complexity index is 499. The van der Waals surface area contributed by atoms with E-state index in [4.69, 9.17) is 0 Å². The number of rotatable bonds is 4. The molecule has 0 aromatic heterocycles. The maximum atomic E-state index is 12.8. The summed E-state index contributed by atoms with van der Waals surface area (Å²) >= 11 is 2.08. The van der Waals surface area contributed by atoms with Gasteiger partial charge in [0.1, 0.15) is 0 Å². The summed E-state index contributed by atoms with van der Waals surface area (Å²) in [6.07, 6.45) is 12.1. The van der Waals surface area contributed by atoms with Gasteiger partial charge in [0.25, 0.3) is 0 Å². The van der Waals surface area contributed by atoms with E-state index in [1.165, 1.54) is 82.4 Å². The van der Waals surface area contributed by atoms with Crippen LogP contribution in [0.2, 0.25) is 0 Å². The molecule has 5 heteroatoms. The highest BCUT2D eigenvalue weighted by Gasteiger charge is 2.49. The number of nitrogens with zero attached hydrogens (tertiary/aromatic N) is 1. The van der Waals surface area contributed by atoms with Crippen molar-refractivity contribution in [2.75, 3.05) is 31.1 Å². The van der Waals surface area contributed by atoms with Crippen LogP contribution in [-0.2, 0) is 0 Å². The van der Waals surface area contributed by atoms with Gasteiger partial charge >= 0.3 is 6.03 Å². The Balaban J connectivity index is 1.18. The molecule has 1 heterocycles. The van der Waals surface area contributed by atoms with E-state index in [9.17, 15) is 4.79 Å². The van der Waals surface area contributed by atoms with E-state index in [-0.39, 0.29) is 11.6 Å². The number of hydrogen-bond donors (Lipinski definition) is 2. The quantitative estimate of drug-likeness (QED) is 0.788. The van der Waals surface area contributed by atoms with Crippen molar-refractivity contribution in [3.63, 3.8) is 0 Å². The molecule has 6 rings (SSSR count). The second kappa shape index (κ2) is 7.20. The lowest BCUT2D eigenvalue weighted by Gasteiger charge is -2.54. The number of amides is 2. The van der Waals surface area contributed by atoms with Gasteiger partial charge in [0.2, 0.25) is 0 Å². The maximum Gasteiger partial charge on any atom is 0.315 e. The number of hydrogen-bond acceptors (Lipinski definition) is 3. The number of carbonyl (C=O) groups is 1. The van der Waals surface area contributed by atoms with Crippen LogP contribution >= 0.6 is 11.8 Å². The lowest BCUT2D eigenvalue weighted by molar-refractivity contribution is -0.00961. The predicted molar refractivity (Wildman–Crippen MR) is 107 cm³/mol. The summed E-state index contributed by atoms with van der Waals surface area (Å²) in [5.74, 6) is 5.96. The summed E-state index contributed by atoms with van der Waals surface area (Å²) in [6.45, 7) is 3.24. The monoisotopic (exact) mass is 377 g/mol. The topological polar surface area (TPSA) is 44.4 Å². The first-order valence-electron chi connectivity index (χ1n) is 11.1. The van der Waals surface area contributed by atoms with E-state index in [1.807, 2.05) is 0 Å². The highest BCUT2D eigenvalue weighted by Crippen LogP contribution is 2.53. The standard InChI is InChI=1S/C21H35N3OS/c25-20(23-19-17-10-15-9-16(12-17)13-18(19)11-15)22-14-21(3-1-2-4-21)24-5-7-26-8-6-24/h15-19H,1-14H2,(H2,22,23,25). The first-order chi connectivity index (χ1) is 12.7. The second-order valence-corrected chi connectivity index (χ2v) is 11.0. The van der Waals surface area contributed by atoms with Crippen LogP contribution in [0.1, 0.15) is 57.8 Å². The zero-order valence-corrected chi connectivity index (χ0v) is 16.9. The summed E-state index contributed by atoms with van der Waals surface area (Å²) in [6, 6.07) is 0.564. The predicted octanol–water partition coefficient (Wildman–Crippen LogP) is 3.47. The number of urea groups is 1. The Morgan fingerprint density at radius 3 is 2.19 bits per heavy atom. The Labute approximate surface area is 162 Å². The molecule has 4 bridgehead atoms. The van der Waals surface area contributed by atoms with Crippen LogP contribution in [0, 0.1) is 23.7 Å². The fourth-order valence-electron chi connectivity index (χ4n) is 7.28. The van der Waals surface area contributed by atoms with E-state index in [2.05, 4.69) is 27.3 Å². The Hall–Kier alpha value is -0.420. The molecular weight excluding hydrogens is 342 g/mol. The van der Waals surface area contributed by atoms with Gasteiger partial charge in [-0.05, 0) is 68.6 Å². The molecule has 1 aliphatic heterocycles. The van der Waals surface area contributed by atoms with Gasteiger partial charge in [0.15, 0.2) is 0 Å². The highest BCUT2D eigenvalue weighted by molar-refractivity contribution is 7.99. The molecule has 26 heavy (non-hydrogen) atoms. The summed E-state index contributed by atoms with van der Waals surface area (Å²) in [4.78, 5) is 15.5. The molecule has 0 spiro atoms. The zero-order valence-electron chi connectivity index (χ0n) is 16.0. The summed E-state index contributed by atoms with van der Waals surface area (Å²) < 4.78 is 0. The first kappa shape index (κ1) is 17.7. The van der Waals surface area contributed by atoms with Crippen molar-refractivity contribution in [2.24, 2.45) is 23.7 Å². The van der Waals surface area contributed by atoms with Crippen molar-refractivity contribution >= 4 is 17.8 Å². The molecule has 0 unspecified atom stereocenters. The van der Waals surface area contributed by atoms with Crippen molar-refractivity contribution in [1.29, 1.82) is 0 Å². The molecule has 0 atom stereocenters. The highest BCUT2D eigenvalue weighted by atomic mass is 32.2. The third-order valence-corrected chi connectivity index (χ3v) is 9.26. The van der Waals surface area contributed by atoms with Crippen molar-refractivity contribution in [3.8, 4) is 0 Å². The zero-order chi connectivity index (χ0) is 17.6. The molecule has 5 aliphatic carbocycles.